The van der Waals surface area contributed by atoms with Gasteiger partial charge in [0.15, 0.2) is 5.76 Å². The van der Waals surface area contributed by atoms with E-state index in [2.05, 4.69) is 29.8 Å². The fourth-order valence-electron chi connectivity index (χ4n) is 4.90. The lowest BCUT2D eigenvalue weighted by Crippen LogP contribution is -3.10. The SMILES string of the molecule is CCn1cc(C=C2Oc3c(ccc([O-])c3C[NH+]3CCCCCC3)C2=O)c2ccccc21. The summed E-state index contributed by atoms with van der Waals surface area (Å²) < 4.78 is 8.25. The molecule has 0 unspecified atom stereocenters. The molecule has 2 aliphatic heterocycles. The summed E-state index contributed by atoms with van der Waals surface area (Å²) in [4.78, 5) is 14.5. The molecule has 160 valence electrons. The summed E-state index contributed by atoms with van der Waals surface area (Å²) in [5, 5.41) is 13.8. The van der Waals surface area contributed by atoms with Crippen LogP contribution in [0.5, 0.6) is 11.5 Å². The number of nitrogens with zero attached hydrogens (tertiary/aromatic N) is 1. The maximum Gasteiger partial charge on any atom is 0.231 e. The number of aromatic nitrogens is 1. The van der Waals surface area contributed by atoms with Gasteiger partial charge in [-0.2, -0.15) is 0 Å². The third-order valence-electron chi connectivity index (χ3n) is 6.58. The molecule has 0 aliphatic carbocycles. The molecule has 0 radical (unpaired) electrons. The van der Waals surface area contributed by atoms with Crippen molar-refractivity contribution in [2.75, 3.05) is 13.1 Å². The Morgan fingerprint density at radius 3 is 2.65 bits per heavy atom. The van der Waals surface area contributed by atoms with Gasteiger partial charge in [0.2, 0.25) is 5.78 Å². The third kappa shape index (κ3) is 3.63. The first-order valence-corrected chi connectivity index (χ1v) is 11.3. The van der Waals surface area contributed by atoms with Crippen LogP contribution in [0.1, 0.15) is 54.1 Å². The van der Waals surface area contributed by atoms with E-state index in [0.29, 0.717) is 29.2 Å². The number of rotatable bonds is 4. The zero-order chi connectivity index (χ0) is 21.4. The molecule has 0 saturated carbocycles. The predicted molar refractivity (Wildman–Crippen MR) is 119 cm³/mol. The van der Waals surface area contributed by atoms with Gasteiger partial charge in [-0.15, -0.1) is 0 Å². The monoisotopic (exact) mass is 416 g/mol. The Balaban J connectivity index is 1.50. The molecule has 1 fully saturated rings. The first kappa shape index (κ1) is 19.9. The minimum Gasteiger partial charge on any atom is -0.872 e. The number of fused-ring (bicyclic) bond motifs is 2. The molecule has 1 aromatic heterocycles. The molecular weight excluding hydrogens is 388 g/mol. The first-order chi connectivity index (χ1) is 15.2. The van der Waals surface area contributed by atoms with Gasteiger partial charge in [-0.3, -0.25) is 4.79 Å². The number of para-hydroxylation sites is 1. The van der Waals surface area contributed by atoms with Gasteiger partial charge in [-0.05, 0) is 50.8 Å². The molecule has 0 spiro atoms. The second-order valence-corrected chi connectivity index (χ2v) is 8.59. The van der Waals surface area contributed by atoms with E-state index in [-0.39, 0.29) is 11.5 Å². The quantitative estimate of drug-likeness (QED) is 0.664. The molecule has 2 aliphatic rings. The summed E-state index contributed by atoms with van der Waals surface area (Å²) >= 11 is 0. The number of likely N-dealkylation sites (tertiary alicyclic amines) is 1. The lowest BCUT2D eigenvalue weighted by atomic mass is 10.0. The Hall–Kier alpha value is -3.05. The van der Waals surface area contributed by atoms with E-state index in [1.807, 2.05) is 18.2 Å². The highest BCUT2D eigenvalue weighted by Crippen LogP contribution is 2.39. The first-order valence-electron chi connectivity index (χ1n) is 11.3. The van der Waals surface area contributed by atoms with Crippen LogP contribution in [0.4, 0.5) is 0 Å². The molecule has 3 aromatic rings. The fourth-order valence-corrected chi connectivity index (χ4v) is 4.90. The van der Waals surface area contributed by atoms with E-state index in [1.165, 1.54) is 36.6 Å². The van der Waals surface area contributed by atoms with E-state index in [4.69, 9.17) is 4.74 Å². The highest BCUT2D eigenvalue weighted by atomic mass is 16.5. The summed E-state index contributed by atoms with van der Waals surface area (Å²) in [6, 6.07) is 11.3. The van der Waals surface area contributed by atoms with Gasteiger partial charge < -0.3 is 19.3 Å². The van der Waals surface area contributed by atoms with Crippen molar-refractivity contribution in [3.8, 4) is 11.5 Å². The van der Waals surface area contributed by atoms with E-state index < -0.39 is 0 Å². The molecule has 31 heavy (non-hydrogen) atoms. The molecule has 0 amide bonds. The van der Waals surface area contributed by atoms with Gasteiger partial charge in [-0.25, -0.2) is 0 Å². The number of Topliss-reactive ketones (excluding diaryl/α,β-unsaturated/α-hetero) is 1. The van der Waals surface area contributed by atoms with Crippen molar-refractivity contribution in [2.45, 2.75) is 45.7 Å². The van der Waals surface area contributed by atoms with Crippen LogP contribution in [-0.4, -0.2) is 23.4 Å². The van der Waals surface area contributed by atoms with Crippen LogP contribution < -0.4 is 14.7 Å². The molecule has 2 aromatic carbocycles. The third-order valence-corrected chi connectivity index (χ3v) is 6.58. The second-order valence-electron chi connectivity index (χ2n) is 8.59. The van der Waals surface area contributed by atoms with Crippen molar-refractivity contribution in [1.82, 2.24) is 4.57 Å². The largest absolute Gasteiger partial charge is 0.872 e. The molecule has 5 nitrogen and oxygen atoms in total. The standard InChI is InChI=1S/C26H28N2O3/c1-2-28-16-18(19-9-5-6-10-22(19)28)15-24-25(30)20-11-12-23(29)21(26(20)31-24)17-27-13-7-3-4-8-14-27/h5-6,9-12,15-16,29H,2-4,7-8,13-14,17H2,1H3. The number of benzene rings is 2. The number of hydrogen-bond acceptors (Lipinski definition) is 3. The average Bonchev–Trinajstić information content (AvgIpc) is 3.16. The summed E-state index contributed by atoms with van der Waals surface area (Å²) in [6.45, 7) is 5.70. The molecule has 1 N–H and O–H groups in total. The summed E-state index contributed by atoms with van der Waals surface area (Å²) in [5.41, 5.74) is 3.24. The number of carbonyl (C=O) groups is 1. The van der Waals surface area contributed by atoms with E-state index in [9.17, 15) is 9.90 Å². The maximum absolute atomic E-state index is 13.1. The van der Waals surface area contributed by atoms with E-state index >= 15 is 0 Å². The number of aryl methyl sites for hydroxylation is 1. The van der Waals surface area contributed by atoms with Crippen LogP contribution in [-0.2, 0) is 13.1 Å². The van der Waals surface area contributed by atoms with Gasteiger partial charge in [0.1, 0.15) is 12.3 Å². The zero-order valence-corrected chi connectivity index (χ0v) is 17.9. The number of hydrogen-bond donors (Lipinski definition) is 1. The highest BCUT2D eigenvalue weighted by molar-refractivity contribution is 6.15. The topological polar surface area (TPSA) is 58.7 Å². The summed E-state index contributed by atoms with van der Waals surface area (Å²) in [6.07, 6.45) is 8.76. The van der Waals surface area contributed by atoms with Crippen molar-refractivity contribution >= 4 is 22.8 Å². The minimum absolute atomic E-state index is 0.0351. The molecule has 0 atom stereocenters. The van der Waals surface area contributed by atoms with Gasteiger partial charge in [0.25, 0.3) is 0 Å². The molecule has 5 rings (SSSR count). The van der Waals surface area contributed by atoms with Gasteiger partial charge in [-0.1, -0.05) is 30.0 Å². The Bertz CT molecular complexity index is 1170. The Kier molecular flexibility index (Phi) is 5.28. The maximum atomic E-state index is 13.1. The Morgan fingerprint density at radius 2 is 1.87 bits per heavy atom. The van der Waals surface area contributed by atoms with Crippen molar-refractivity contribution in [1.29, 1.82) is 0 Å². The predicted octanol–water partition coefficient (Wildman–Crippen LogP) is 3.31. The minimum atomic E-state index is -0.143. The molecule has 1 saturated heterocycles. The summed E-state index contributed by atoms with van der Waals surface area (Å²) in [7, 11) is 0. The molecule has 0 bridgehead atoms. The number of allylic oxidation sites excluding steroid dienone is 1. The Labute approximate surface area is 182 Å². The second kappa shape index (κ2) is 8.23. The average molecular weight is 417 g/mol. The van der Waals surface area contributed by atoms with Crippen LogP contribution in [0.25, 0.3) is 17.0 Å². The lowest BCUT2D eigenvalue weighted by molar-refractivity contribution is -0.913. The fraction of sp³-hybridized carbons (Fsp3) is 0.346. The number of nitrogens with one attached hydrogen (secondary N) is 1. The zero-order valence-electron chi connectivity index (χ0n) is 17.9. The normalized spacial score (nSPS) is 18.4. The van der Waals surface area contributed by atoms with Crippen LogP contribution in [0.3, 0.4) is 0 Å². The van der Waals surface area contributed by atoms with Crippen molar-refractivity contribution < 1.29 is 19.5 Å². The molecule has 3 heterocycles. The van der Waals surface area contributed by atoms with Gasteiger partial charge in [0.05, 0.1) is 18.7 Å². The molecule has 5 heteroatoms. The van der Waals surface area contributed by atoms with Gasteiger partial charge in [0, 0.05) is 34.8 Å². The Morgan fingerprint density at radius 1 is 1.10 bits per heavy atom. The van der Waals surface area contributed by atoms with Crippen LogP contribution in [0, 0.1) is 0 Å². The number of quaternary nitrogens is 1. The number of ether oxygens (including phenoxy) is 1. The summed E-state index contributed by atoms with van der Waals surface area (Å²) in [5.74, 6) is 0.592. The van der Waals surface area contributed by atoms with Crippen LogP contribution >= 0.6 is 0 Å². The van der Waals surface area contributed by atoms with Crippen molar-refractivity contribution in [3.63, 3.8) is 0 Å². The highest BCUT2D eigenvalue weighted by Gasteiger charge is 2.31. The van der Waals surface area contributed by atoms with E-state index in [0.717, 1.165) is 36.1 Å². The van der Waals surface area contributed by atoms with Gasteiger partial charge >= 0.3 is 0 Å². The smallest absolute Gasteiger partial charge is 0.231 e. The van der Waals surface area contributed by atoms with Crippen LogP contribution in [0.2, 0.25) is 0 Å². The number of carbonyl (C=O) groups excluding carboxylic acids is 1. The molecular formula is C26H28N2O3. The lowest BCUT2D eigenvalue weighted by Gasteiger charge is -2.22. The van der Waals surface area contributed by atoms with E-state index in [1.54, 1.807) is 6.07 Å². The van der Waals surface area contributed by atoms with Crippen molar-refractivity contribution in [3.05, 3.63) is 65.0 Å². The van der Waals surface area contributed by atoms with Crippen molar-refractivity contribution in [2.24, 2.45) is 0 Å². The number of ketones is 1. The van der Waals surface area contributed by atoms with Crippen LogP contribution in [0.15, 0.2) is 48.4 Å².